The summed E-state index contributed by atoms with van der Waals surface area (Å²) in [6.45, 7) is 4.93. The number of hydrogen-bond donors (Lipinski definition) is 1. The van der Waals surface area contributed by atoms with Gasteiger partial charge in [-0.05, 0) is 39.4 Å². The van der Waals surface area contributed by atoms with Gasteiger partial charge in [-0.1, -0.05) is 6.42 Å². The molecule has 0 aromatic carbocycles. The van der Waals surface area contributed by atoms with Gasteiger partial charge in [0.15, 0.2) is 0 Å². The van der Waals surface area contributed by atoms with Crippen molar-refractivity contribution in [2.75, 3.05) is 33.2 Å². The molecule has 14 heavy (non-hydrogen) atoms. The number of nitrogens with zero attached hydrogens (tertiary/aromatic N) is 2. The fourth-order valence-corrected chi connectivity index (χ4v) is 2.82. The smallest absolute Gasteiger partial charge is 0.0247 e. The van der Waals surface area contributed by atoms with Crippen molar-refractivity contribution in [3.05, 3.63) is 0 Å². The summed E-state index contributed by atoms with van der Waals surface area (Å²) in [5.41, 5.74) is 6.14. The topological polar surface area (TPSA) is 32.5 Å². The maximum absolute atomic E-state index is 6.14. The van der Waals surface area contributed by atoms with Crippen LogP contribution in [0.3, 0.4) is 0 Å². The second kappa shape index (κ2) is 4.60. The molecule has 1 heterocycles. The average molecular weight is 197 g/mol. The van der Waals surface area contributed by atoms with Crippen LogP contribution < -0.4 is 5.73 Å². The van der Waals surface area contributed by atoms with Gasteiger partial charge >= 0.3 is 0 Å². The second-order valence-electron chi connectivity index (χ2n) is 4.85. The third-order valence-corrected chi connectivity index (χ3v) is 3.75. The van der Waals surface area contributed by atoms with Crippen LogP contribution in [0.4, 0.5) is 0 Å². The van der Waals surface area contributed by atoms with Gasteiger partial charge in [0.25, 0.3) is 0 Å². The minimum Gasteiger partial charge on any atom is -0.326 e. The zero-order valence-corrected chi connectivity index (χ0v) is 9.28. The second-order valence-corrected chi connectivity index (χ2v) is 4.85. The van der Waals surface area contributed by atoms with E-state index in [9.17, 15) is 0 Å². The lowest BCUT2D eigenvalue weighted by Crippen LogP contribution is -2.45. The molecule has 1 saturated heterocycles. The molecule has 2 fully saturated rings. The summed E-state index contributed by atoms with van der Waals surface area (Å²) in [7, 11) is 2.22. The van der Waals surface area contributed by atoms with E-state index in [1.165, 1.54) is 51.9 Å². The van der Waals surface area contributed by atoms with Gasteiger partial charge in [-0.3, -0.25) is 4.90 Å². The van der Waals surface area contributed by atoms with E-state index in [4.69, 9.17) is 5.73 Å². The van der Waals surface area contributed by atoms with Crippen LogP contribution in [-0.2, 0) is 0 Å². The van der Waals surface area contributed by atoms with Gasteiger partial charge in [-0.15, -0.1) is 0 Å². The number of likely N-dealkylation sites (N-methyl/N-ethyl adjacent to an activating group) is 1. The van der Waals surface area contributed by atoms with Crippen LogP contribution in [0.15, 0.2) is 0 Å². The molecule has 1 aliphatic heterocycles. The van der Waals surface area contributed by atoms with Crippen molar-refractivity contribution in [1.82, 2.24) is 9.80 Å². The van der Waals surface area contributed by atoms with Crippen molar-refractivity contribution in [3.8, 4) is 0 Å². The first kappa shape index (κ1) is 10.4. The molecule has 3 nitrogen and oxygen atoms in total. The highest BCUT2D eigenvalue weighted by atomic mass is 15.2. The van der Waals surface area contributed by atoms with E-state index >= 15 is 0 Å². The lowest BCUT2D eigenvalue weighted by atomic mass is 10.1. The number of nitrogens with two attached hydrogens (primary N) is 1. The van der Waals surface area contributed by atoms with E-state index < -0.39 is 0 Å². The minimum absolute atomic E-state index is 0.443. The Kier molecular flexibility index (Phi) is 3.42. The molecule has 2 rings (SSSR count). The number of hydrogen-bond acceptors (Lipinski definition) is 3. The quantitative estimate of drug-likeness (QED) is 0.664. The summed E-state index contributed by atoms with van der Waals surface area (Å²) in [5.74, 6) is 0. The molecule has 3 heteroatoms. The standard InChI is InChI=1S/C11H23N3/c1-13-6-3-7-14(9-8-13)11-5-2-4-10(11)12/h10-11H,2-9,12H2,1H3/t10-,11-/m1/s1. The predicted octanol–water partition coefficient (Wildman–Crippen LogP) is 0.504. The monoisotopic (exact) mass is 197 g/mol. The maximum Gasteiger partial charge on any atom is 0.0247 e. The Labute approximate surface area is 87.2 Å². The Morgan fingerprint density at radius 3 is 2.57 bits per heavy atom. The van der Waals surface area contributed by atoms with Gasteiger partial charge < -0.3 is 10.6 Å². The predicted molar refractivity (Wildman–Crippen MR) is 59.3 cm³/mol. The Hall–Kier alpha value is -0.120. The molecule has 1 saturated carbocycles. The summed E-state index contributed by atoms with van der Waals surface area (Å²) >= 11 is 0. The molecular weight excluding hydrogens is 174 g/mol. The van der Waals surface area contributed by atoms with Crippen LogP contribution in [0.25, 0.3) is 0 Å². The van der Waals surface area contributed by atoms with E-state index in [0.29, 0.717) is 12.1 Å². The molecule has 0 spiro atoms. The highest BCUT2D eigenvalue weighted by Crippen LogP contribution is 2.23. The molecule has 1 aliphatic carbocycles. The fraction of sp³-hybridized carbons (Fsp3) is 1.00. The lowest BCUT2D eigenvalue weighted by Gasteiger charge is -2.30. The van der Waals surface area contributed by atoms with Crippen molar-refractivity contribution in [2.45, 2.75) is 37.8 Å². The van der Waals surface area contributed by atoms with Gasteiger partial charge in [0.05, 0.1) is 0 Å². The Bertz CT molecular complexity index is 183. The van der Waals surface area contributed by atoms with Crippen LogP contribution in [0.2, 0.25) is 0 Å². The van der Waals surface area contributed by atoms with E-state index in [-0.39, 0.29) is 0 Å². The van der Waals surface area contributed by atoms with Crippen LogP contribution in [0.5, 0.6) is 0 Å². The molecule has 0 aromatic heterocycles. The Morgan fingerprint density at radius 2 is 1.86 bits per heavy atom. The average Bonchev–Trinajstić information content (AvgIpc) is 2.46. The van der Waals surface area contributed by atoms with Crippen LogP contribution >= 0.6 is 0 Å². The zero-order valence-electron chi connectivity index (χ0n) is 9.28. The molecule has 0 bridgehead atoms. The van der Waals surface area contributed by atoms with E-state index in [1.54, 1.807) is 0 Å². The first-order valence-corrected chi connectivity index (χ1v) is 5.95. The Morgan fingerprint density at radius 1 is 1.00 bits per heavy atom. The largest absolute Gasteiger partial charge is 0.326 e. The highest BCUT2D eigenvalue weighted by Gasteiger charge is 2.29. The molecular formula is C11H23N3. The third-order valence-electron chi connectivity index (χ3n) is 3.75. The Balaban J connectivity index is 1.90. The fourth-order valence-electron chi connectivity index (χ4n) is 2.82. The van der Waals surface area contributed by atoms with E-state index in [1.807, 2.05) is 0 Å². The number of rotatable bonds is 1. The van der Waals surface area contributed by atoms with E-state index in [2.05, 4.69) is 16.8 Å². The maximum atomic E-state index is 6.14. The lowest BCUT2D eigenvalue weighted by molar-refractivity contribution is 0.191. The van der Waals surface area contributed by atoms with Gasteiger partial charge in [0.1, 0.15) is 0 Å². The molecule has 0 aromatic rings. The first-order valence-electron chi connectivity index (χ1n) is 5.95. The highest BCUT2D eigenvalue weighted by molar-refractivity contribution is 4.89. The molecule has 82 valence electrons. The normalized spacial score (nSPS) is 37.3. The summed E-state index contributed by atoms with van der Waals surface area (Å²) in [4.78, 5) is 5.06. The molecule has 2 aliphatic rings. The summed E-state index contributed by atoms with van der Waals surface area (Å²) in [5, 5.41) is 0. The van der Waals surface area contributed by atoms with Gasteiger partial charge in [0, 0.05) is 25.2 Å². The summed E-state index contributed by atoms with van der Waals surface area (Å²) in [6.07, 6.45) is 5.19. The molecule has 0 unspecified atom stereocenters. The van der Waals surface area contributed by atoms with Crippen LogP contribution in [0, 0.1) is 0 Å². The van der Waals surface area contributed by atoms with E-state index in [0.717, 1.165) is 0 Å². The van der Waals surface area contributed by atoms with Gasteiger partial charge in [-0.25, -0.2) is 0 Å². The first-order chi connectivity index (χ1) is 6.77. The van der Waals surface area contributed by atoms with Crippen molar-refractivity contribution in [1.29, 1.82) is 0 Å². The molecule has 2 atom stereocenters. The van der Waals surface area contributed by atoms with Crippen LogP contribution in [-0.4, -0.2) is 55.1 Å². The van der Waals surface area contributed by atoms with Crippen molar-refractivity contribution in [2.24, 2.45) is 5.73 Å². The van der Waals surface area contributed by atoms with Crippen LogP contribution in [0.1, 0.15) is 25.7 Å². The minimum atomic E-state index is 0.443. The zero-order chi connectivity index (χ0) is 9.97. The third kappa shape index (κ3) is 2.27. The molecule has 2 N–H and O–H groups in total. The van der Waals surface area contributed by atoms with Gasteiger partial charge in [-0.2, -0.15) is 0 Å². The molecule has 0 amide bonds. The van der Waals surface area contributed by atoms with Gasteiger partial charge in [0.2, 0.25) is 0 Å². The molecule has 0 radical (unpaired) electrons. The van der Waals surface area contributed by atoms with Crippen molar-refractivity contribution in [3.63, 3.8) is 0 Å². The summed E-state index contributed by atoms with van der Waals surface area (Å²) in [6, 6.07) is 1.12. The van der Waals surface area contributed by atoms with Crippen molar-refractivity contribution >= 4 is 0 Å². The van der Waals surface area contributed by atoms with Crippen molar-refractivity contribution < 1.29 is 0 Å². The SMILES string of the molecule is CN1CCCN([C@@H]2CCC[C@H]2N)CC1. The summed E-state index contributed by atoms with van der Waals surface area (Å²) < 4.78 is 0.